The Kier molecular flexibility index (Phi) is 7.20. The summed E-state index contributed by atoms with van der Waals surface area (Å²) in [4.78, 5) is 22.3. The fourth-order valence-electron chi connectivity index (χ4n) is 0.868. The van der Waals surface area contributed by atoms with E-state index in [1.807, 2.05) is 29.5 Å². The van der Waals surface area contributed by atoms with Crippen molar-refractivity contribution in [2.75, 3.05) is 0 Å². The molecule has 0 aromatic carbocycles. The maximum absolute atomic E-state index is 11.6. The van der Waals surface area contributed by atoms with Gasteiger partial charge in [0.05, 0.1) is 5.70 Å². The van der Waals surface area contributed by atoms with Gasteiger partial charge in [-0.15, -0.1) is 0 Å². The first kappa shape index (κ1) is 15.9. The quantitative estimate of drug-likeness (QED) is 0.408. The first-order chi connectivity index (χ1) is 7.25. The van der Waals surface area contributed by atoms with Gasteiger partial charge in [0.25, 0.3) is 5.91 Å². The van der Waals surface area contributed by atoms with E-state index in [9.17, 15) is 9.59 Å². The van der Waals surface area contributed by atoms with Gasteiger partial charge in [-0.25, -0.2) is 0 Å². The second kappa shape index (κ2) is 7.25. The minimum absolute atomic E-state index is 0.362. The van der Waals surface area contributed by atoms with Crippen LogP contribution in [0, 0.1) is 0 Å². The molecule has 0 fully saturated rings. The molecule has 0 aromatic rings. The van der Waals surface area contributed by atoms with Crippen LogP contribution in [0.15, 0.2) is 19.4 Å². The first-order valence-corrected chi connectivity index (χ1v) is 6.60. The summed E-state index contributed by atoms with van der Waals surface area (Å²) >= 11 is 4.12. The summed E-state index contributed by atoms with van der Waals surface area (Å²) < 4.78 is 6.41. The van der Waals surface area contributed by atoms with Crippen LogP contribution in [0.25, 0.3) is 0 Å². The molecule has 0 radical (unpaired) electrons. The molecular formula is C10H13I2NO3. The Morgan fingerprint density at radius 2 is 1.81 bits per heavy atom. The predicted octanol–water partition coefficient (Wildman–Crippen LogP) is 2.67. The monoisotopic (exact) mass is 449 g/mol. The number of carbonyl (C=O) groups excluding carboxylic acids is 2. The lowest BCUT2D eigenvalue weighted by molar-refractivity contribution is -0.152. The maximum Gasteiger partial charge on any atom is 0.303 e. The Bertz CT molecular complexity index is 346. The summed E-state index contributed by atoms with van der Waals surface area (Å²) in [5.41, 5.74) is 0.658. The van der Waals surface area contributed by atoms with Crippen molar-refractivity contribution in [1.29, 1.82) is 0 Å². The zero-order valence-corrected chi connectivity index (χ0v) is 13.6. The number of halogens is 2. The summed E-state index contributed by atoms with van der Waals surface area (Å²) in [6.07, 6.45) is -0.806. The summed E-state index contributed by atoms with van der Waals surface area (Å²) in [6.45, 7) is 8.40. The smallest absolute Gasteiger partial charge is 0.303 e. The van der Waals surface area contributed by atoms with E-state index in [1.54, 1.807) is 0 Å². The second-order valence-electron chi connectivity index (χ2n) is 3.05. The van der Waals surface area contributed by atoms with Crippen LogP contribution in [0.3, 0.4) is 0 Å². The number of nitrogens with one attached hydrogen (secondary N) is 1. The number of esters is 1. The molecule has 1 amide bonds. The molecule has 4 nitrogen and oxygen atoms in total. The Hall–Kier alpha value is -0.120. The van der Waals surface area contributed by atoms with Gasteiger partial charge in [0, 0.05) is 14.1 Å². The molecule has 1 atom stereocenters. The molecule has 0 saturated heterocycles. The van der Waals surface area contributed by atoms with Crippen molar-refractivity contribution in [3.8, 4) is 0 Å². The number of amides is 1. The second-order valence-corrected chi connectivity index (χ2v) is 5.97. The fourth-order valence-corrected chi connectivity index (χ4v) is 2.38. The minimum Gasteiger partial charge on any atom is -0.453 e. The molecule has 0 saturated carbocycles. The van der Waals surface area contributed by atoms with E-state index >= 15 is 0 Å². The van der Waals surface area contributed by atoms with Gasteiger partial charge in [-0.2, -0.15) is 0 Å². The lowest BCUT2D eigenvalue weighted by atomic mass is 10.3. The van der Waals surface area contributed by atoms with Crippen LogP contribution >= 0.6 is 45.2 Å². The highest BCUT2D eigenvalue weighted by Crippen LogP contribution is 2.20. The SMILES string of the molecule is C=C(I)/C(NC(=O)[C@H](C)OC(C)=O)=C(\C)I. The van der Waals surface area contributed by atoms with Crippen LogP contribution < -0.4 is 5.32 Å². The Labute approximate surface area is 122 Å². The van der Waals surface area contributed by atoms with Gasteiger partial charge in [-0.3, -0.25) is 9.59 Å². The van der Waals surface area contributed by atoms with Gasteiger partial charge in [0.15, 0.2) is 6.10 Å². The van der Waals surface area contributed by atoms with Gasteiger partial charge in [-0.05, 0) is 59.0 Å². The molecule has 0 aliphatic heterocycles. The first-order valence-electron chi connectivity index (χ1n) is 4.45. The number of carbonyl (C=O) groups is 2. The molecule has 0 aliphatic rings. The molecular weight excluding hydrogens is 436 g/mol. The van der Waals surface area contributed by atoms with Crippen LogP contribution in [0.4, 0.5) is 0 Å². The normalized spacial score (nSPS) is 13.6. The third-order valence-electron chi connectivity index (χ3n) is 1.58. The van der Waals surface area contributed by atoms with Crippen molar-refractivity contribution in [3.05, 3.63) is 19.4 Å². The maximum atomic E-state index is 11.6. The van der Waals surface area contributed by atoms with E-state index in [0.717, 1.165) is 7.16 Å². The van der Waals surface area contributed by atoms with E-state index < -0.39 is 12.1 Å². The van der Waals surface area contributed by atoms with Crippen LogP contribution in [-0.2, 0) is 14.3 Å². The topological polar surface area (TPSA) is 55.4 Å². The Morgan fingerprint density at radius 3 is 2.12 bits per heavy atom. The predicted molar refractivity (Wildman–Crippen MR) is 79.3 cm³/mol. The largest absolute Gasteiger partial charge is 0.453 e. The van der Waals surface area contributed by atoms with Crippen molar-refractivity contribution >= 4 is 57.1 Å². The molecule has 0 aliphatic carbocycles. The molecule has 0 unspecified atom stereocenters. The van der Waals surface area contributed by atoms with Gasteiger partial charge >= 0.3 is 5.97 Å². The van der Waals surface area contributed by atoms with Gasteiger partial charge in [0.2, 0.25) is 0 Å². The van der Waals surface area contributed by atoms with Crippen molar-refractivity contribution in [3.63, 3.8) is 0 Å². The molecule has 0 heterocycles. The summed E-state index contributed by atoms with van der Waals surface area (Å²) in [7, 11) is 0. The number of rotatable bonds is 4. The van der Waals surface area contributed by atoms with Crippen molar-refractivity contribution in [2.45, 2.75) is 26.9 Å². The minimum atomic E-state index is -0.806. The summed E-state index contributed by atoms with van der Waals surface area (Å²) in [6, 6.07) is 0. The van der Waals surface area contributed by atoms with E-state index in [1.165, 1.54) is 13.8 Å². The molecule has 0 rings (SSSR count). The zero-order chi connectivity index (χ0) is 12.9. The van der Waals surface area contributed by atoms with Crippen LogP contribution in [0.1, 0.15) is 20.8 Å². The molecule has 16 heavy (non-hydrogen) atoms. The van der Waals surface area contributed by atoms with E-state index in [0.29, 0.717) is 5.70 Å². The van der Waals surface area contributed by atoms with Crippen LogP contribution in [0.5, 0.6) is 0 Å². The number of allylic oxidation sites excluding steroid dienone is 2. The van der Waals surface area contributed by atoms with E-state index in [-0.39, 0.29) is 5.91 Å². The number of hydrogen-bond acceptors (Lipinski definition) is 3. The number of ether oxygens (including phenoxy) is 1. The Morgan fingerprint density at radius 1 is 1.31 bits per heavy atom. The Balaban J connectivity index is 4.61. The van der Waals surface area contributed by atoms with E-state index in [2.05, 4.69) is 34.5 Å². The van der Waals surface area contributed by atoms with E-state index in [4.69, 9.17) is 4.74 Å². The average molecular weight is 449 g/mol. The van der Waals surface area contributed by atoms with Crippen molar-refractivity contribution < 1.29 is 14.3 Å². The van der Waals surface area contributed by atoms with Crippen LogP contribution in [0.2, 0.25) is 0 Å². The number of hydrogen-bond donors (Lipinski definition) is 1. The van der Waals surface area contributed by atoms with Gasteiger partial charge < -0.3 is 10.1 Å². The highest BCUT2D eigenvalue weighted by atomic mass is 127. The lowest BCUT2D eigenvalue weighted by Crippen LogP contribution is -2.35. The highest BCUT2D eigenvalue weighted by Gasteiger charge is 2.17. The highest BCUT2D eigenvalue weighted by molar-refractivity contribution is 14.1. The summed E-state index contributed by atoms with van der Waals surface area (Å²) in [5, 5.41) is 2.67. The third kappa shape index (κ3) is 5.83. The van der Waals surface area contributed by atoms with Crippen molar-refractivity contribution in [2.24, 2.45) is 0 Å². The summed E-state index contributed by atoms with van der Waals surface area (Å²) in [5.74, 6) is -0.841. The van der Waals surface area contributed by atoms with Gasteiger partial charge in [0.1, 0.15) is 0 Å². The molecule has 1 N–H and O–H groups in total. The van der Waals surface area contributed by atoms with Gasteiger partial charge in [-0.1, -0.05) is 6.58 Å². The van der Waals surface area contributed by atoms with Crippen LogP contribution in [-0.4, -0.2) is 18.0 Å². The van der Waals surface area contributed by atoms with Crippen molar-refractivity contribution in [1.82, 2.24) is 5.32 Å². The lowest BCUT2D eigenvalue weighted by Gasteiger charge is -2.14. The standard InChI is InChI=1S/C10H13I2NO3/c1-5(11)9(6(2)12)13-10(15)7(3)16-8(4)14/h7H,1H2,2-4H3,(H,13,15)/b9-6-/t7-/m0/s1. The molecule has 6 heteroatoms. The molecule has 0 spiro atoms. The third-order valence-corrected chi connectivity index (χ3v) is 2.65. The zero-order valence-electron chi connectivity index (χ0n) is 9.27. The fraction of sp³-hybridized carbons (Fsp3) is 0.400. The molecule has 90 valence electrons. The molecule has 0 bridgehead atoms. The average Bonchev–Trinajstić information content (AvgIpc) is 2.11. The molecule has 0 aromatic heterocycles.